The summed E-state index contributed by atoms with van der Waals surface area (Å²) < 4.78 is 5.63. The van der Waals surface area contributed by atoms with Gasteiger partial charge in [-0.1, -0.05) is 32.7 Å². The Balaban J connectivity index is 2.22. The highest BCUT2D eigenvalue weighted by Crippen LogP contribution is 2.22. The van der Waals surface area contributed by atoms with E-state index in [-0.39, 0.29) is 5.91 Å². The van der Waals surface area contributed by atoms with Crippen LogP contribution in [0, 0.1) is 6.92 Å². The fraction of sp³-hybridized carbons (Fsp3) is 0.0909. The Morgan fingerprint density at radius 1 is 1.47 bits per heavy atom. The number of rotatable bonds is 2. The first-order valence-electron chi connectivity index (χ1n) is 4.76. The number of halogens is 2. The molecule has 0 bridgehead atoms. The van der Waals surface area contributed by atoms with Gasteiger partial charge >= 0.3 is 0 Å². The molecular weight excluding hydrogens is 307 g/mol. The highest BCUT2D eigenvalue weighted by atomic mass is 79.9. The summed E-state index contributed by atoms with van der Waals surface area (Å²) in [6.45, 7) is 1.74. The Labute approximate surface area is 111 Å². The van der Waals surface area contributed by atoms with E-state index < -0.39 is 0 Å². The number of carbonyl (C=O) groups excluding carboxylic acids is 1. The molecule has 0 unspecified atom stereocenters. The molecule has 0 saturated heterocycles. The van der Waals surface area contributed by atoms with Crippen LogP contribution in [-0.2, 0) is 0 Å². The summed E-state index contributed by atoms with van der Waals surface area (Å²) in [4.78, 5) is 11.9. The molecule has 1 amide bonds. The van der Waals surface area contributed by atoms with Gasteiger partial charge in [-0.3, -0.25) is 4.79 Å². The normalized spacial score (nSPS) is 10.3. The number of amides is 1. The van der Waals surface area contributed by atoms with Crippen LogP contribution in [0.4, 0.5) is 5.82 Å². The van der Waals surface area contributed by atoms with E-state index >= 15 is 0 Å². The third kappa shape index (κ3) is 2.87. The number of hydrogen-bond acceptors (Lipinski definition) is 3. The quantitative estimate of drug-likeness (QED) is 0.920. The van der Waals surface area contributed by atoms with Gasteiger partial charge in [-0.2, -0.15) is 0 Å². The molecule has 0 fully saturated rings. The molecule has 0 aliphatic rings. The molecule has 0 atom stereocenters. The highest BCUT2D eigenvalue weighted by molar-refractivity contribution is 9.10. The molecule has 1 N–H and O–H groups in total. The van der Waals surface area contributed by atoms with Crippen molar-refractivity contribution in [2.75, 3.05) is 5.32 Å². The van der Waals surface area contributed by atoms with Crippen molar-refractivity contribution in [3.05, 3.63) is 45.1 Å². The molecule has 0 spiro atoms. The van der Waals surface area contributed by atoms with E-state index in [0.29, 0.717) is 22.2 Å². The Morgan fingerprint density at radius 3 is 2.88 bits per heavy atom. The van der Waals surface area contributed by atoms with Crippen LogP contribution in [0.2, 0.25) is 5.02 Å². The molecule has 0 aliphatic heterocycles. The molecule has 2 aromatic rings. The van der Waals surface area contributed by atoms with Crippen LogP contribution in [0.15, 0.2) is 33.3 Å². The molecular formula is C11H8BrClN2O2. The summed E-state index contributed by atoms with van der Waals surface area (Å²) >= 11 is 9.22. The number of anilines is 1. The largest absolute Gasteiger partial charge is 0.360 e. The maximum absolute atomic E-state index is 11.9. The maximum atomic E-state index is 11.9. The van der Waals surface area contributed by atoms with Crippen LogP contribution >= 0.6 is 27.5 Å². The average molecular weight is 316 g/mol. The van der Waals surface area contributed by atoms with Crippen molar-refractivity contribution in [3.63, 3.8) is 0 Å². The van der Waals surface area contributed by atoms with Crippen LogP contribution < -0.4 is 5.32 Å². The second kappa shape index (κ2) is 4.89. The zero-order chi connectivity index (χ0) is 12.4. The van der Waals surface area contributed by atoms with E-state index in [0.717, 1.165) is 4.47 Å². The molecule has 0 radical (unpaired) electrons. The molecule has 1 heterocycles. The molecule has 2 rings (SSSR count). The lowest BCUT2D eigenvalue weighted by Crippen LogP contribution is -2.12. The smallest absolute Gasteiger partial charge is 0.258 e. The molecule has 1 aromatic heterocycles. The Bertz CT molecular complexity index is 568. The van der Waals surface area contributed by atoms with E-state index in [1.807, 2.05) is 0 Å². The summed E-state index contributed by atoms with van der Waals surface area (Å²) in [5, 5.41) is 6.65. The van der Waals surface area contributed by atoms with Crippen LogP contribution in [0.3, 0.4) is 0 Å². The number of aromatic nitrogens is 1. The van der Waals surface area contributed by atoms with Gasteiger partial charge in [0.15, 0.2) is 5.82 Å². The minimum absolute atomic E-state index is 0.329. The Hall–Kier alpha value is -1.33. The topological polar surface area (TPSA) is 55.1 Å². The maximum Gasteiger partial charge on any atom is 0.258 e. The van der Waals surface area contributed by atoms with Crippen molar-refractivity contribution in [2.45, 2.75) is 6.92 Å². The summed E-state index contributed by atoms with van der Waals surface area (Å²) in [6.07, 6.45) is 0. The fourth-order valence-corrected chi connectivity index (χ4v) is 1.84. The molecule has 0 saturated carbocycles. The van der Waals surface area contributed by atoms with Gasteiger partial charge in [0, 0.05) is 10.5 Å². The van der Waals surface area contributed by atoms with E-state index in [1.54, 1.807) is 31.2 Å². The fourth-order valence-electron chi connectivity index (χ4n) is 1.28. The minimum Gasteiger partial charge on any atom is -0.360 e. The van der Waals surface area contributed by atoms with Crippen molar-refractivity contribution in [3.8, 4) is 0 Å². The molecule has 4 nitrogen and oxygen atoms in total. The van der Waals surface area contributed by atoms with E-state index in [9.17, 15) is 4.79 Å². The molecule has 17 heavy (non-hydrogen) atoms. The van der Waals surface area contributed by atoms with Crippen molar-refractivity contribution in [1.82, 2.24) is 5.16 Å². The van der Waals surface area contributed by atoms with Crippen molar-refractivity contribution in [1.29, 1.82) is 0 Å². The van der Waals surface area contributed by atoms with Gasteiger partial charge in [0.2, 0.25) is 0 Å². The van der Waals surface area contributed by atoms with Crippen LogP contribution in [0.1, 0.15) is 16.1 Å². The third-order valence-electron chi connectivity index (χ3n) is 2.04. The zero-order valence-electron chi connectivity index (χ0n) is 8.83. The number of nitrogens with one attached hydrogen (secondary N) is 1. The highest BCUT2D eigenvalue weighted by Gasteiger charge is 2.12. The summed E-state index contributed by atoms with van der Waals surface area (Å²) in [7, 11) is 0. The Morgan fingerprint density at radius 2 is 2.24 bits per heavy atom. The van der Waals surface area contributed by atoms with Crippen molar-refractivity contribution >= 4 is 39.3 Å². The van der Waals surface area contributed by atoms with E-state index in [2.05, 4.69) is 26.4 Å². The number of nitrogens with zero attached hydrogens (tertiary/aromatic N) is 1. The Kier molecular flexibility index (Phi) is 3.49. The second-order valence-corrected chi connectivity index (χ2v) is 4.72. The molecule has 6 heteroatoms. The lowest BCUT2D eigenvalue weighted by atomic mass is 10.2. The number of hydrogen-bond donors (Lipinski definition) is 1. The van der Waals surface area contributed by atoms with Crippen molar-refractivity contribution < 1.29 is 9.32 Å². The van der Waals surface area contributed by atoms with E-state index in [1.165, 1.54) is 0 Å². The number of carbonyl (C=O) groups is 1. The second-order valence-electron chi connectivity index (χ2n) is 3.40. The van der Waals surface area contributed by atoms with Crippen LogP contribution in [-0.4, -0.2) is 11.1 Å². The van der Waals surface area contributed by atoms with Gasteiger partial charge in [-0.25, -0.2) is 0 Å². The van der Waals surface area contributed by atoms with Crippen LogP contribution in [0.5, 0.6) is 0 Å². The molecule has 0 aliphatic carbocycles. The van der Waals surface area contributed by atoms with Gasteiger partial charge < -0.3 is 9.84 Å². The van der Waals surface area contributed by atoms with Crippen molar-refractivity contribution in [2.24, 2.45) is 0 Å². The van der Waals surface area contributed by atoms with Gasteiger partial charge in [0.05, 0.1) is 10.6 Å². The summed E-state index contributed by atoms with van der Waals surface area (Å²) in [5.41, 5.74) is 0.377. The van der Waals surface area contributed by atoms with Gasteiger partial charge in [-0.05, 0) is 25.1 Å². The monoisotopic (exact) mass is 314 g/mol. The SMILES string of the molecule is Cc1cc(NC(=O)c2cc(Br)ccc2Cl)no1. The van der Waals surface area contributed by atoms with Crippen LogP contribution in [0.25, 0.3) is 0 Å². The minimum atomic E-state index is -0.329. The first kappa shape index (κ1) is 12.1. The third-order valence-corrected chi connectivity index (χ3v) is 2.87. The standard InChI is InChI=1S/C11H8BrClN2O2/c1-6-4-10(15-17-6)14-11(16)8-5-7(12)2-3-9(8)13/h2-5H,1H3,(H,14,15,16). The summed E-state index contributed by atoms with van der Waals surface area (Å²) in [5.74, 6) is 0.661. The lowest BCUT2D eigenvalue weighted by molar-refractivity contribution is 0.102. The average Bonchev–Trinajstić information content (AvgIpc) is 2.67. The predicted molar refractivity (Wildman–Crippen MR) is 68.3 cm³/mol. The van der Waals surface area contributed by atoms with Gasteiger partial charge in [0.1, 0.15) is 5.76 Å². The molecule has 1 aromatic carbocycles. The molecule has 88 valence electrons. The zero-order valence-corrected chi connectivity index (χ0v) is 11.2. The van der Waals surface area contributed by atoms with Gasteiger partial charge in [-0.15, -0.1) is 0 Å². The summed E-state index contributed by atoms with van der Waals surface area (Å²) in [6, 6.07) is 6.68. The number of benzene rings is 1. The number of aryl methyl sites for hydroxylation is 1. The lowest BCUT2D eigenvalue weighted by Gasteiger charge is -2.04. The van der Waals surface area contributed by atoms with E-state index in [4.69, 9.17) is 16.1 Å². The first-order chi connectivity index (χ1) is 8.06. The predicted octanol–water partition coefficient (Wildman–Crippen LogP) is 3.65. The van der Waals surface area contributed by atoms with Gasteiger partial charge in [0.25, 0.3) is 5.91 Å². The first-order valence-corrected chi connectivity index (χ1v) is 5.93.